The van der Waals surface area contributed by atoms with E-state index in [-0.39, 0.29) is 0 Å². The van der Waals surface area contributed by atoms with E-state index >= 15 is 0 Å². The second kappa shape index (κ2) is 4.13. The molecule has 0 atom stereocenters. The summed E-state index contributed by atoms with van der Waals surface area (Å²) in [5.41, 5.74) is 7.55. The first-order valence-corrected chi connectivity index (χ1v) is 4.70. The summed E-state index contributed by atoms with van der Waals surface area (Å²) in [5.74, 6) is 0.982. The Morgan fingerprint density at radius 2 is 2.29 bits per heavy atom. The van der Waals surface area contributed by atoms with E-state index in [1.54, 1.807) is 18.3 Å². The van der Waals surface area contributed by atoms with Crippen LogP contribution in [-0.2, 0) is 0 Å². The quantitative estimate of drug-likeness (QED) is 0.745. The minimum Gasteiger partial charge on any atom is -0.397 e. The fourth-order valence-corrected chi connectivity index (χ4v) is 1.53. The summed E-state index contributed by atoms with van der Waals surface area (Å²) in [7, 11) is 0. The third kappa shape index (κ3) is 1.87. The van der Waals surface area contributed by atoms with Gasteiger partial charge < -0.3 is 10.3 Å². The van der Waals surface area contributed by atoms with E-state index in [0.29, 0.717) is 11.7 Å². The normalized spacial score (nSPS) is 12.1. The van der Waals surface area contributed by atoms with Crippen LogP contribution in [0.25, 0.3) is 5.70 Å². The van der Waals surface area contributed by atoms with Crippen molar-refractivity contribution in [1.29, 1.82) is 0 Å². The zero-order chi connectivity index (χ0) is 10.7. The maximum absolute atomic E-state index is 5.89. The van der Waals surface area contributed by atoms with E-state index in [0.717, 1.165) is 11.5 Å². The average Bonchev–Trinajstić information content (AvgIpc) is 2.47. The predicted molar refractivity (Wildman–Crippen MR) is 59.7 cm³/mol. The molecule has 1 aromatic heterocycles. The molecule has 1 rings (SSSR count). The molecule has 2 N–H and O–H groups in total. The first kappa shape index (κ1) is 10.6. The molecule has 0 fully saturated rings. The largest absolute Gasteiger partial charge is 0.397 e. The molecular formula is C11H17N3. The van der Waals surface area contributed by atoms with Gasteiger partial charge in [-0.25, -0.2) is 4.98 Å². The van der Waals surface area contributed by atoms with Gasteiger partial charge in [0.15, 0.2) is 0 Å². The first-order valence-electron chi connectivity index (χ1n) is 4.70. The molecule has 1 aromatic rings. The molecule has 76 valence electrons. The number of nitrogens with zero attached hydrogens (tertiary/aromatic N) is 2. The standard InChI is InChI=1S/C11H17N3/c1-5-6-10(12)11-7-13-9(4)14(11)8(2)3/h5-8H,1,12H2,2-4H3/b10-6-. The average molecular weight is 191 g/mol. The van der Waals surface area contributed by atoms with Crippen LogP contribution >= 0.6 is 0 Å². The summed E-state index contributed by atoms with van der Waals surface area (Å²) in [6.45, 7) is 9.82. The number of hydrogen-bond acceptors (Lipinski definition) is 2. The molecule has 0 saturated carbocycles. The molecule has 0 aliphatic rings. The van der Waals surface area contributed by atoms with E-state index in [1.807, 2.05) is 6.92 Å². The van der Waals surface area contributed by atoms with Crippen LogP contribution < -0.4 is 5.73 Å². The molecule has 0 amide bonds. The van der Waals surface area contributed by atoms with Gasteiger partial charge >= 0.3 is 0 Å². The van der Waals surface area contributed by atoms with Gasteiger partial charge in [-0.3, -0.25) is 0 Å². The molecule has 0 aromatic carbocycles. The van der Waals surface area contributed by atoms with E-state index in [4.69, 9.17) is 5.73 Å². The van der Waals surface area contributed by atoms with Crippen LogP contribution in [-0.4, -0.2) is 9.55 Å². The van der Waals surface area contributed by atoms with Gasteiger partial charge in [0, 0.05) is 6.04 Å². The second-order valence-electron chi connectivity index (χ2n) is 3.51. The van der Waals surface area contributed by atoms with Crippen molar-refractivity contribution in [3.05, 3.63) is 36.4 Å². The van der Waals surface area contributed by atoms with E-state index in [2.05, 4.69) is 30.0 Å². The van der Waals surface area contributed by atoms with Crippen LogP contribution in [0.5, 0.6) is 0 Å². The highest BCUT2D eigenvalue weighted by atomic mass is 15.1. The van der Waals surface area contributed by atoms with Crippen LogP contribution in [0.4, 0.5) is 0 Å². The van der Waals surface area contributed by atoms with Crippen LogP contribution in [0.15, 0.2) is 24.9 Å². The summed E-state index contributed by atoms with van der Waals surface area (Å²) < 4.78 is 2.11. The minimum atomic E-state index is 0.365. The summed E-state index contributed by atoms with van der Waals surface area (Å²) in [4.78, 5) is 4.25. The van der Waals surface area contributed by atoms with Gasteiger partial charge in [0.05, 0.1) is 17.6 Å². The zero-order valence-electron chi connectivity index (χ0n) is 8.99. The molecular weight excluding hydrogens is 174 g/mol. The van der Waals surface area contributed by atoms with Crippen LogP contribution in [0.3, 0.4) is 0 Å². The Labute approximate surface area is 85.0 Å². The maximum Gasteiger partial charge on any atom is 0.106 e. The smallest absolute Gasteiger partial charge is 0.106 e. The van der Waals surface area contributed by atoms with Crippen molar-refractivity contribution in [1.82, 2.24) is 9.55 Å². The molecule has 0 radical (unpaired) electrons. The molecule has 3 heteroatoms. The number of allylic oxidation sites excluding steroid dienone is 2. The number of aryl methyl sites for hydroxylation is 1. The topological polar surface area (TPSA) is 43.8 Å². The number of rotatable bonds is 3. The highest BCUT2D eigenvalue weighted by molar-refractivity contribution is 5.61. The molecule has 0 aliphatic carbocycles. The fraction of sp³-hybridized carbons (Fsp3) is 0.364. The van der Waals surface area contributed by atoms with Crippen molar-refractivity contribution < 1.29 is 0 Å². The molecule has 14 heavy (non-hydrogen) atoms. The Morgan fingerprint density at radius 1 is 1.64 bits per heavy atom. The monoisotopic (exact) mass is 191 g/mol. The lowest BCUT2D eigenvalue weighted by molar-refractivity contribution is 0.576. The Morgan fingerprint density at radius 3 is 2.79 bits per heavy atom. The third-order valence-electron chi connectivity index (χ3n) is 2.09. The number of imidazole rings is 1. The van der Waals surface area contributed by atoms with Crippen molar-refractivity contribution in [3.63, 3.8) is 0 Å². The molecule has 0 spiro atoms. The second-order valence-corrected chi connectivity index (χ2v) is 3.51. The zero-order valence-corrected chi connectivity index (χ0v) is 8.99. The predicted octanol–water partition coefficient (Wildman–Crippen LogP) is 2.26. The Balaban J connectivity index is 3.21. The lowest BCUT2D eigenvalue weighted by Gasteiger charge is -2.13. The van der Waals surface area contributed by atoms with Gasteiger partial charge in [-0.15, -0.1) is 0 Å². The number of hydrogen-bond donors (Lipinski definition) is 1. The van der Waals surface area contributed by atoms with Crippen LogP contribution in [0.1, 0.15) is 31.4 Å². The molecule has 0 bridgehead atoms. The van der Waals surface area contributed by atoms with Gasteiger partial charge in [-0.1, -0.05) is 12.7 Å². The minimum absolute atomic E-state index is 0.365. The molecule has 0 aliphatic heterocycles. The van der Waals surface area contributed by atoms with Gasteiger partial charge in [-0.2, -0.15) is 0 Å². The molecule has 1 heterocycles. The van der Waals surface area contributed by atoms with Crippen molar-refractivity contribution in [2.75, 3.05) is 0 Å². The summed E-state index contributed by atoms with van der Waals surface area (Å²) >= 11 is 0. The molecule has 0 saturated heterocycles. The number of aromatic nitrogens is 2. The molecule has 3 nitrogen and oxygen atoms in total. The van der Waals surface area contributed by atoms with E-state index < -0.39 is 0 Å². The van der Waals surface area contributed by atoms with Gasteiger partial charge in [-0.05, 0) is 26.8 Å². The Bertz CT molecular complexity index is 359. The summed E-state index contributed by atoms with van der Waals surface area (Å²) in [6.07, 6.45) is 5.27. The highest BCUT2D eigenvalue weighted by Crippen LogP contribution is 2.17. The maximum atomic E-state index is 5.89. The first-order chi connectivity index (χ1) is 6.57. The van der Waals surface area contributed by atoms with Crippen molar-refractivity contribution in [2.24, 2.45) is 5.73 Å². The van der Waals surface area contributed by atoms with Crippen molar-refractivity contribution >= 4 is 5.70 Å². The van der Waals surface area contributed by atoms with Crippen molar-refractivity contribution in [2.45, 2.75) is 26.8 Å². The highest BCUT2D eigenvalue weighted by Gasteiger charge is 2.10. The Kier molecular flexibility index (Phi) is 3.12. The van der Waals surface area contributed by atoms with Crippen LogP contribution in [0, 0.1) is 6.92 Å². The Hall–Kier alpha value is -1.51. The van der Waals surface area contributed by atoms with Gasteiger partial charge in [0.2, 0.25) is 0 Å². The van der Waals surface area contributed by atoms with Crippen molar-refractivity contribution in [3.8, 4) is 0 Å². The lowest BCUT2D eigenvalue weighted by Crippen LogP contribution is -2.10. The lowest BCUT2D eigenvalue weighted by atomic mass is 10.2. The van der Waals surface area contributed by atoms with Gasteiger partial charge in [0.25, 0.3) is 0 Å². The van der Waals surface area contributed by atoms with E-state index in [9.17, 15) is 0 Å². The SMILES string of the molecule is C=C/C=C(\N)c1cnc(C)n1C(C)C. The number of nitrogens with two attached hydrogens (primary N) is 1. The third-order valence-corrected chi connectivity index (χ3v) is 2.09. The van der Waals surface area contributed by atoms with Crippen LogP contribution in [0.2, 0.25) is 0 Å². The summed E-state index contributed by atoms with van der Waals surface area (Å²) in [5, 5.41) is 0. The van der Waals surface area contributed by atoms with Gasteiger partial charge in [0.1, 0.15) is 5.82 Å². The summed E-state index contributed by atoms with van der Waals surface area (Å²) in [6, 6.07) is 0.365. The van der Waals surface area contributed by atoms with E-state index in [1.165, 1.54) is 0 Å². The molecule has 0 unspecified atom stereocenters. The fourth-order valence-electron chi connectivity index (χ4n) is 1.53.